The summed E-state index contributed by atoms with van der Waals surface area (Å²) in [6, 6.07) is 14.2. The lowest BCUT2D eigenvalue weighted by Crippen LogP contribution is -2.28. The van der Waals surface area contributed by atoms with Crippen LogP contribution >= 0.6 is 0 Å². The molecular weight excluding hydrogens is 358 g/mol. The quantitative estimate of drug-likeness (QED) is 0.805. The van der Waals surface area contributed by atoms with E-state index in [1.165, 1.54) is 6.92 Å². The molecule has 1 atom stereocenters. The standard InChI is InChI=1S/C21H23N3O4/c1-3-28-19-10-5-4-9-18(19)24-13-15(11-20(24)26)21(27)23-17-8-6-7-16(12-17)22-14(2)25/h4-10,12,15H,3,11,13H2,1-2H3,(H,22,25)(H,23,27). The third kappa shape index (κ3) is 4.49. The highest BCUT2D eigenvalue weighted by molar-refractivity contribution is 6.04. The molecule has 1 unspecified atom stereocenters. The van der Waals surface area contributed by atoms with Gasteiger partial charge in [-0.05, 0) is 37.3 Å². The van der Waals surface area contributed by atoms with E-state index in [9.17, 15) is 14.4 Å². The first-order valence-corrected chi connectivity index (χ1v) is 9.18. The molecule has 1 heterocycles. The minimum absolute atomic E-state index is 0.112. The average molecular weight is 381 g/mol. The van der Waals surface area contributed by atoms with Crippen molar-refractivity contribution in [2.45, 2.75) is 20.3 Å². The van der Waals surface area contributed by atoms with E-state index >= 15 is 0 Å². The smallest absolute Gasteiger partial charge is 0.229 e. The fraction of sp³-hybridized carbons (Fsp3) is 0.286. The second-order valence-electron chi connectivity index (χ2n) is 6.56. The topological polar surface area (TPSA) is 87.7 Å². The molecule has 3 rings (SSSR count). The number of benzene rings is 2. The van der Waals surface area contributed by atoms with Gasteiger partial charge in [0.2, 0.25) is 17.7 Å². The summed E-state index contributed by atoms with van der Waals surface area (Å²) < 4.78 is 5.61. The van der Waals surface area contributed by atoms with Gasteiger partial charge in [-0.15, -0.1) is 0 Å². The predicted octanol–water partition coefficient (Wildman–Crippen LogP) is 3.04. The van der Waals surface area contributed by atoms with Gasteiger partial charge < -0.3 is 20.3 Å². The number of carbonyl (C=O) groups is 3. The van der Waals surface area contributed by atoms with E-state index in [0.717, 1.165) is 0 Å². The van der Waals surface area contributed by atoms with Gasteiger partial charge in [0.1, 0.15) is 5.75 Å². The van der Waals surface area contributed by atoms with Crippen molar-refractivity contribution in [2.24, 2.45) is 5.92 Å². The Morgan fingerprint density at radius 2 is 1.82 bits per heavy atom. The first kappa shape index (κ1) is 19.4. The fourth-order valence-electron chi connectivity index (χ4n) is 3.20. The number of nitrogens with zero attached hydrogens (tertiary/aromatic N) is 1. The van der Waals surface area contributed by atoms with E-state index in [1.807, 2.05) is 31.2 Å². The number of para-hydroxylation sites is 2. The molecule has 1 saturated heterocycles. The van der Waals surface area contributed by atoms with Crippen LogP contribution in [0.3, 0.4) is 0 Å². The van der Waals surface area contributed by atoms with E-state index < -0.39 is 5.92 Å². The minimum atomic E-state index is -0.466. The van der Waals surface area contributed by atoms with Crippen LogP contribution in [-0.2, 0) is 14.4 Å². The lowest BCUT2D eigenvalue weighted by Gasteiger charge is -2.20. The summed E-state index contributed by atoms with van der Waals surface area (Å²) in [6.45, 7) is 4.09. The Hall–Kier alpha value is -3.35. The van der Waals surface area contributed by atoms with Crippen molar-refractivity contribution >= 4 is 34.8 Å². The number of amides is 3. The van der Waals surface area contributed by atoms with Crippen molar-refractivity contribution in [2.75, 3.05) is 28.7 Å². The third-order valence-corrected chi connectivity index (χ3v) is 4.40. The summed E-state index contributed by atoms with van der Waals surface area (Å²) in [5.41, 5.74) is 1.84. The van der Waals surface area contributed by atoms with Gasteiger partial charge in [0.15, 0.2) is 0 Å². The highest BCUT2D eigenvalue weighted by Gasteiger charge is 2.36. The van der Waals surface area contributed by atoms with Crippen molar-refractivity contribution in [3.63, 3.8) is 0 Å². The number of hydrogen-bond acceptors (Lipinski definition) is 4. The third-order valence-electron chi connectivity index (χ3n) is 4.40. The van der Waals surface area contributed by atoms with Crippen LogP contribution in [0, 0.1) is 5.92 Å². The molecule has 7 nitrogen and oxygen atoms in total. The maximum atomic E-state index is 12.7. The van der Waals surface area contributed by atoms with Gasteiger partial charge in [-0.2, -0.15) is 0 Å². The Kier molecular flexibility index (Phi) is 5.93. The highest BCUT2D eigenvalue weighted by atomic mass is 16.5. The van der Waals surface area contributed by atoms with E-state index in [1.54, 1.807) is 29.2 Å². The van der Waals surface area contributed by atoms with Gasteiger partial charge in [-0.1, -0.05) is 18.2 Å². The van der Waals surface area contributed by atoms with Crippen molar-refractivity contribution in [3.05, 3.63) is 48.5 Å². The molecule has 0 radical (unpaired) electrons. The number of hydrogen-bond donors (Lipinski definition) is 2. The van der Waals surface area contributed by atoms with Gasteiger partial charge in [0.25, 0.3) is 0 Å². The predicted molar refractivity (Wildman–Crippen MR) is 107 cm³/mol. The van der Waals surface area contributed by atoms with Crippen LogP contribution in [0.25, 0.3) is 0 Å². The Balaban J connectivity index is 1.70. The number of carbonyl (C=O) groups excluding carboxylic acids is 3. The molecule has 1 aliphatic rings. The summed E-state index contributed by atoms with van der Waals surface area (Å²) in [7, 11) is 0. The molecule has 3 amide bonds. The normalized spacial score (nSPS) is 16.0. The molecule has 2 aromatic carbocycles. The van der Waals surface area contributed by atoms with Crippen molar-refractivity contribution in [1.29, 1.82) is 0 Å². The Morgan fingerprint density at radius 3 is 2.54 bits per heavy atom. The molecule has 0 aliphatic carbocycles. The van der Waals surface area contributed by atoms with Crippen molar-refractivity contribution in [3.8, 4) is 5.75 Å². The van der Waals surface area contributed by atoms with Gasteiger partial charge in [0, 0.05) is 31.3 Å². The largest absolute Gasteiger partial charge is 0.492 e. The Labute approximate surface area is 163 Å². The number of rotatable bonds is 6. The first-order valence-electron chi connectivity index (χ1n) is 9.18. The molecule has 0 saturated carbocycles. The summed E-state index contributed by atoms with van der Waals surface area (Å²) in [6.07, 6.45) is 0.137. The SMILES string of the molecule is CCOc1ccccc1N1CC(C(=O)Nc2cccc(NC(C)=O)c2)CC1=O. The van der Waals surface area contributed by atoms with E-state index in [4.69, 9.17) is 4.74 Å². The zero-order chi connectivity index (χ0) is 20.1. The monoisotopic (exact) mass is 381 g/mol. The van der Waals surface area contributed by atoms with E-state index in [0.29, 0.717) is 36.0 Å². The maximum Gasteiger partial charge on any atom is 0.229 e. The molecule has 0 bridgehead atoms. The van der Waals surface area contributed by atoms with Crippen LogP contribution in [0.1, 0.15) is 20.3 Å². The van der Waals surface area contributed by atoms with Crippen LogP contribution in [0.5, 0.6) is 5.75 Å². The zero-order valence-electron chi connectivity index (χ0n) is 15.9. The summed E-state index contributed by atoms with van der Waals surface area (Å²) in [4.78, 5) is 38.0. The summed E-state index contributed by atoms with van der Waals surface area (Å²) in [5.74, 6) is -0.369. The van der Waals surface area contributed by atoms with Gasteiger partial charge in [-0.25, -0.2) is 0 Å². The molecule has 146 valence electrons. The van der Waals surface area contributed by atoms with E-state index in [2.05, 4.69) is 10.6 Å². The van der Waals surface area contributed by atoms with Crippen LogP contribution in [0.2, 0.25) is 0 Å². The van der Waals surface area contributed by atoms with Gasteiger partial charge in [0.05, 0.1) is 18.2 Å². The average Bonchev–Trinajstić information content (AvgIpc) is 3.04. The summed E-state index contributed by atoms with van der Waals surface area (Å²) in [5, 5.41) is 5.50. The fourth-order valence-corrected chi connectivity index (χ4v) is 3.20. The van der Waals surface area contributed by atoms with Crippen molar-refractivity contribution in [1.82, 2.24) is 0 Å². The molecular formula is C21H23N3O4. The summed E-state index contributed by atoms with van der Waals surface area (Å²) >= 11 is 0. The first-order chi connectivity index (χ1) is 13.5. The Morgan fingerprint density at radius 1 is 1.11 bits per heavy atom. The molecule has 7 heteroatoms. The lowest BCUT2D eigenvalue weighted by molar-refractivity contribution is -0.122. The molecule has 2 aromatic rings. The molecule has 2 N–H and O–H groups in total. The van der Waals surface area contributed by atoms with Crippen LogP contribution in [0.4, 0.5) is 17.1 Å². The second-order valence-corrected chi connectivity index (χ2v) is 6.56. The lowest BCUT2D eigenvalue weighted by atomic mass is 10.1. The highest BCUT2D eigenvalue weighted by Crippen LogP contribution is 2.33. The van der Waals surface area contributed by atoms with Crippen LogP contribution in [0.15, 0.2) is 48.5 Å². The molecule has 1 aliphatic heterocycles. The molecule has 0 spiro atoms. The van der Waals surface area contributed by atoms with E-state index in [-0.39, 0.29) is 24.1 Å². The van der Waals surface area contributed by atoms with Gasteiger partial charge in [-0.3, -0.25) is 14.4 Å². The number of nitrogens with one attached hydrogen (secondary N) is 2. The zero-order valence-corrected chi connectivity index (χ0v) is 15.9. The Bertz CT molecular complexity index is 897. The molecule has 1 fully saturated rings. The van der Waals surface area contributed by atoms with Crippen LogP contribution in [-0.4, -0.2) is 30.9 Å². The minimum Gasteiger partial charge on any atom is -0.492 e. The number of ether oxygens (including phenoxy) is 1. The van der Waals surface area contributed by atoms with Gasteiger partial charge >= 0.3 is 0 Å². The molecule has 28 heavy (non-hydrogen) atoms. The molecule has 0 aromatic heterocycles. The number of anilines is 3. The second kappa shape index (κ2) is 8.56. The van der Waals surface area contributed by atoms with Crippen LogP contribution < -0.4 is 20.3 Å². The van der Waals surface area contributed by atoms with Crippen molar-refractivity contribution < 1.29 is 19.1 Å². The maximum absolute atomic E-state index is 12.7.